The van der Waals surface area contributed by atoms with Gasteiger partial charge in [-0.05, 0) is 6.92 Å². The highest BCUT2D eigenvalue weighted by Crippen LogP contribution is 2.41. The minimum absolute atomic E-state index is 0.826. The third-order valence-electron chi connectivity index (χ3n) is 4.72. The molecule has 2 saturated heterocycles. The van der Waals surface area contributed by atoms with E-state index in [0.29, 0.717) is 0 Å². The molecule has 14 nitrogen and oxygen atoms in total. The Labute approximate surface area is 164 Å². The van der Waals surface area contributed by atoms with Crippen LogP contribution in [0.15, 0.2) is 0 Å². The van der Waals surface area contributed by atoms with Crippen LogP contribution in [0.3, 0.4) is 0 Å². The molecule has 0 bridgehead atoms. The molecule has 0 aliphatic carbocycles. The van der Waals surface area contributed by atoms with E-state index in [0.717, 1.165) is 6.92 Å². The molecule has 0 radical (unpaired) electrons. The number of carbonyl (C=O) groups is 1. The van der Waals surface area contributed by atoms with Crippen molar-refractivity contribution in [3.8, 4) is 0 Å². The average Bonchev–Trinajstić information content (AvgIpc) is 2.93. The van der Waals surface area contributed by atoms with E-state index in [9.17, 15) is 50.8 Å². The summed E-state index contributed by atoms with van der Waals surface area (Å²) in [5.41, 5.74) is 0. The maximum atomic E-state index is 12.0. The summed E-state index contributed by atoms with van der Waals surface area (Å²) in [6.07, 6.45) is -15.2. The van der Waals surface area contributed by atoms with E-state index in [2.05, 4.69) is 0 Å². The zero-order valence-electron chi connectivity index (χ0n) is 15.3. The summed E-state index contributed by atoms with van der Waals surface area (Å²) in [5.74, 6) is -7.22. The number of esters is 1. The fourth-order valence-corrected chi connectivity index (χ4v) is 3.02. The third-order valence-corrected chi connectivity index (χ3v) is 4.72. The first-order valence-corrected chi connectivity index (χ1v) is 8.68. The van der Waals surface area contributed by atoms with Gasteiger partial charge in [-0.1, -0.05) is 0 Å². The molecule has 170 valence electrons. The number of aliphatic hydroxyl groups is 9. The van der Waals surface area contributed by atoms with Crippen molar-refractivity contribution in [3.63, 3.8) is 0 Å². The smallest absolute Gasteiger partial charge is 0.362 e. The van der Waals surface area contributed by atoms with E-state index < -0.39 is 86.4 Å². The molecule has 0 spiro atoms. The highest BCUT2D eigenvalue weighted by atomic mass is 16.9. The molecule has 2 unspecified atom stereocenters. The summed E-state index contributed by atoms with van der Waals surface area (Å²) >= 11 is 0. The molecule has 0 aromatic carbocycles. The number of hydrogen-bond donors (Lipinski definition) is 9. The van der Waals surface area contributed by atoms with E-state index in [-0.39, 0.29) is 0 Å². The molecule has 0 amide bonds. The fourth-order valence-electron chi connectivity index (χ4n) is 3.02. The Bertz CT molecular complexity index is 571. The second-order valence-electron chi connectivity index (χ2n) is 6.81. The van der Waals surface area contributed by atoms with Gasteiger partial charge in [0.05, 0.1) is 13.2 Å². The lowest BCUT2D eigenvalue weighted by molar-refractivity contribution is -0.499. The number of aliphatic hydroxyl groups excluding tert-OH is 9. The van der Waals surface area contributed by atoms with Gasteiger partial charge < -0.3 is 60.2 Å². The van der Waals surface area contributed by atoms with Crippen molar-refractivity contribution in [3.05, 3.63) is 0 Å². The van der Waals surface area contributed by atoms with Crippen molar-refractivity contribution >= 4 is 5.97 Å². The number of carbonyl (C=O) groups excluding carboxylic acids is 1. The minimum Gasteiger partial charge on any atom is -0.403 e. The molecule has 9 N–H and O–H groups in total. The van der Waals surface area contributed by atoms with E-state index in [1.54, 1.807) is 0 Å². The van der Waals surface area contributed by atoms with E-state index in [1.165, 1.54) is 0 Å². The second-order valence-corrected chi connectivity index (χ2v) is 6.81. The first-order valence-electron chi connectivity index (χ1n) is 8.68. The SMILES string of the molecule is CC(O)C(=O)O[C@@]1(OC2(CO)O[C@H](CO)[C@@H](O)[C@@H]2O)O[C@H](CO)[C@@H](O)[C@H](O)[C@H]1O. The second kappa shape index (κ2) is 9.01. The fraction of sp³-hybridized carbons (Fsp3) is 0.933. The van der Waals surface area contributed by atoms with Crippen LogP contribution in [-0.4, -0.2) is 132 Å². The molecule has 2 fully saturated rings. The summed E-state index contributed by atoms with van der Waals surface area (Å²) in [6.45, 7) is -2.03. The summed E-state index contributed by atoms with van der Waals surface area (Å²) in [6, 6.07) is 0. The third kappa shape index (κ3) is 4.25. The molecular weight excluding hydrogens is 404 g/mol. The molecule has 10 atom stereocenters. The molecule has 2 rings (SSSR count). The number of ether oxygens (including phenoxy) is 4. The van der Waals surface area contributed by atoms with Crippen LogP contribution in [0.2, 0.25) is 0 Å². The van der Waals surface area contributed by atoms with Crippen LogP contribution >= 0.6 is 0 Å². The van der Waals surface area contributed by atoms with Gasteiger partial charge in [0.15, 0.2) is 6.10 Å². The predicted octanol–water partition coefficient (Wildman–Crippen LogP) is -6.14. The quantitative estimate of drug-likeness (QED) is 0.135. The predicted molar refractivity (Wildman–Crippen MR) is 85.4 cm³/mol. The summed E-state index contributed by atoms with van der Waals surface area (Å²) in [5, 5.41) is 88.4. The minimum atomic E-state index is -3.12. The van der Waals surface area contributed by atoms with E-state index in [1.807, 2.05) is 0 Å². The maximum Gasteiger partial charge on any atom is 0.362 e. The largest absolute Gasteiger partial charge is 0.403 e. The summed E-state index contributed by atoms with van der Waals surface area (Å²) in [4.78, 5) is 12.0. The molecule has 2 aliphatic heterocycles. The van der Waals surface area contributed by atoms with Crippen LogP contribution in [0.25, 0.3) is 0 Å². The Kier molecular flexibility index (Phi) is 7.54. The van der Waals surface area contributed by atoms with Crippen molar-refractivity contribution in [2.75, 3.05) is 19.8 Å². The summed E-state index contributed by atoms with van der Waals surface area (Å²) in [7, 11) is 0. The van der Waals surface area contributed by atoms with Crippen LogP contribution in [0.1, 0.15) is 6.92 Å². The topological polar surface area (TPSA) is 236 Å². The molecule has 2 heterocycles. The zero-order chi connectivity index (χ0) is 22.1. The van der Waals surface area contributed by atoms with Crippen LogP contribution < -0.4 is 0 Å². The van der Waals surface area contributed by atoms with Gasteiger partial charge in [0.25, 0.3) is 0 Å². The first kappa shape index (κ1) is 24.3. The van der Waals surface area contributed by atoms with Crippen molar-refractivity contribution in [2.24, 2.45) is 0 Å². The normalized spacial score (nSPS) is 46.5. The highest BCUT2D eigenvalue weighted by molar-refractivity contribution is 5.74. The van der Waals surface area contributed by atoms with Gasteiger partial charge in [-0.3, -0.25) is 4.74 Å². The lowest BCUT2D eigenvalue weighted by atomic mass is 9.97. The Morgan fingerprint density at radius 1 is 0.931 bits per heavy atom. The Balaban J connectivity index is 2.49. The lowest BCUT2D eigenvalue weighted by Crippen LogP contribution is -2.71. The average molecular weight is 430 g/mol. The summed E-state index contributed by atoms with van der Waals surface area (Å²) < 4.78 is 20.4. The van der Waals surface area contributed by atoms with Gasteiger partial charge in [-0.2, -0.15) is 0 Å². The standard InChI is InChI=1S/C15H26O14/c1-5(19)13(25)28-15(12(24)10(22)8(20)6(2-16)27-15)29-14(4-18)11(23)9(21)7(3-17)26-14/h5-12,16-24H,2-4H2,1H3/t5?,6-,7-,8-,9-,10+,11+,12-,14?,15+/m1/s1. The number of rotatable bonds is 7. The van der Waals surface area contributed by atoms with Crippen LogP contribution in [0.5, 0.6) is 0 Å². The molecule has 0 saturated carbocycles. The number of hydrogen-bond acceptors (Lipinski definition) is 14. The molecule has 2 aliphatic rings. The highest BCUT2D eigenvalue weighted by Gasteiger charge is 2.65. The molecule has 0 aromatic heterocycles. The van der Waals surface area contributed by atoms with Crippen molar-refractivity contribution in [2.45, 2.75) is 67.5 Å². The van der Waals surface area contributed by atoms with E-state index in [4.69, 9.17) is 18.9 Å². The van der Waals surface area contributed by atoms with Gasteiger partial charge in [0, 0.05) is 0 Å². The maximum absolute atomic E-state index is 12.0. The van der Waals surface area contributed by atoms with Crippen molar-refractivity contribution in [1.82, 2.24) is 0 Å². The Morgan fingerprint density at radius 2 is 1.48 bits per heavy atom. The van der Waals surface area contributed by atoms with Crippen LogP contribution in [-0.2, 0) is 23.7 Å². The Hall–Kier alpha value is -1.01. The van der Waals surface area contributed by atoms with E-state index >= 15 is 0 Å². The first-order chi connectivity index (χ1) is 13.5. The zero-order valence-corrected chi connectivity index (χ0v) is 15.3. The van der Waals surface area contributed by atoms with Gasteiger partial charge in [0.2, 0.25) is 5.79 Å². The van der Waals surface area contributed by atoms with Crippen molar-refractivity contribution < 1.29 is 69.7 Å². The lowest BCUT2D eigenvalue weighted by Gasteiger charge is -2.49. The monoisotopic (exact) mass is 430 g/mol. The van der Waals surface area contributed by atoms with Gasteiger partial charge >= 0.3 is 11.9 Å². The molecular formula is C15H26O14. The van der Waals surface area contributed by atoms with Crippen molar-refractivity contribution in [1.29, 1.82) is 0 Å². The van der Waals surface area contributed by atoms with Crippen LogP contribution in [0.4, 0.5) is 0 Å². The van der Waals surface area contributed by atoms with Gasteiger partial charge in [0.1, 0.15) is 49.3 Å². The van der Waals surface area contributed by atoms with Crippen LogP contribution in [0, 0.1) is 0 Å². The Morgan fingerprint density at radius 3 is 1.93 bits per heavy atom. The molecule has 14 heteroatoms. The van der Waals surface area contributed by atoms with Gasteiger partial charge in [-0.15, -0.1) is 0 Å². The molecule has 0 aromatic rings. The van der Waals surface area contributed by atoms with Gasteiger partial charge in [-0.25, -0.2) is 4.79 Å². The molecule has 29 heavy (non-hydrogen) atoms.